The second-order valence-corrected chi connectivity index (χ2v) is 6.69. The summed E-state index contributed by atoms with van der Waals surface area (Å²) in [4.78, 5) is 16.7. The fourth-order valence-electron chi connectivity index (χ4n) is 3.18. The van der Waals surface area contributed by atoms with E-state index in [0.717, 1.165) is 25.2 Å². The van der Waals surface area contributed by atoms with Crippen LogP contribution in [0.3, 0.4) is 0 Å². The Hall–Kier alpha value is -3.07. The highest BCUT2D eigenvalue weighted by Crippen LogP contribution is 2.13. The van der Waals surface area contributed by atoms with E-state index in [1.807, 2.05) is 30.3 Å². The maximum atomic E-state index is 12.3. The third kappa shape index (κ3) is 4.37. The molecule has 3 heterocycles. The van der Waals surface area contributed by atoms with E-state index in [1.165, 1.54) is 12.8 Å². The number of benzene rings is 1. The van der Waals surface area contributed by atoms with Gasteiger partial charge in [0.2, 0.25) is 0 Å². The molecule has 0 bridgehead atoms. The van der Waals surface area contributed by atoms with Gasteiger partial charge in [-0.15, -0.1) is 5.10 Å². The van der Waals surface area contributed by atoms with Gasteiger partial charge in [0.1, 0.15) is 5.82 Å². The highest BCUT2D eigenvalue weighted by molar-refractivity contribution is 5.91. The second kappa shape index (κ2) is 8.09. The van der Waals surface area contributed by atoms with Crippen molar-refractivity contribution in [2.45, 2.75) is 25.9 Å². The molecule has 2 aromatic heterocycles. The minimum Gasteiger partial charge on any atom is -0.343 e. The molecule has 0 saturated carbocycles. The molecular weight excluding hydrogens is 344 g/mol. The van der Waals surface area contributed by atoms with E-state index in [0.29, 0.717) is 23.3 Å². The van der Waals surface area contributed by atoms with Crippen molar-refractivity contribution >= 4 is 5.91 Å². The van der Waals surface area contributed by atoms with Crippen LogP contribution >= 0.6 is 0 Å². The van der Waals surface area contributed by atoms with Gasteiger partial charge in [0.05, 0.1) is 12.7 Å². The molecule has 1 atom stereocenters. The molecule has 0 radical (unpaired) electrons. The van der Waals surface area contributed by atoms with E-state index in [9.17, 15) is 4.79 Å². The number of hydrogen-bond acceptors (Lipinski definition) is 6. The summed E-state index contributed by atoms with van der Waals surface area (Å²) in [5.41, 5.74) is 1.23. The Bertz CT molecular complexity index is 882. The Morgan fingerprint density at radius 3 is 3.00 bits per heavy atom. The predicted octanol–water partition coefficient (Wildman–Crippen LogP) is 0.993. The van der Waals surface area contributed by atoms with Crippen LogP contribution in [0.5, 0.6) is 0 Å². The minimum atomic E-state index is -0.277. The Labute approximate surface area is 156 Å². The Morgan fingerprint density at radius 1 is 1.30 bits per heavy atom. The standard InChI is InChI=1S/C18H22N8O/c27-18(15-12-26(25-22-15)11-13-5-4-8-19-9-13)20-10-16-21-17(24-23-16)14-6-2-1-3-7-14/h1-3,6-7,12-13,19H,4-5,8-11H2,(H,20,27)(H,21,23,24). The van der Waals surface area contributed by atoms with E-state index in [2.05, 4.69) is 36.1 Å². The largest absolute Gasteiger partial charge is 0.343 e. The lowest BCUT2D eigenvalue weighted by Crippen LogP contribution is -2.32. The average Bonchev–Trinajstić information content (AvgIpc) is 3.37. The van der Waals surface area contributed by atoms with Crippen LogP contribution in [0, 0.1) is 5.92 Å². The predicted molar refractivity (Wildman–Crippen MR) is 98.6 cm³/mol. The smallest absolute Gasteiger partial charge is 0.273 e. The quantitative estimate of drug-likeness (QED) is 0.600. The van der Waals surface area contributed by atoms with Crippen molar-refractivity contribution in [1.29, 1.82) is 0 Å². The molecule has 0 aliphatic carbocycles. The molecule has 140 valence electrons. The van der Waals surface area contributed by atoms with Crippen LogP contribution in [-0.4, -0.2) is 49.2 Å². The molecule has 9 heteroatoms. The Kier molecular flexibility index (Phi) is 5.20. The highest BCUT2D eigenvalue weighted by Gasteiger charge is 2.16. The molecule has 9 nitrogen and oxygen atoms in total. The monoisotopic (exact) mass is 366 g/mol. The lowest BCUT2D eigenvalue weighted by molar-refractivity contribution is 0.0945. The third-order valence-corrected chi connectivity index (χ3v) is 4.60. The summed E-state index contributed by atoms with van der Waals surface area (Å²) in [7, 11) is 0. The number of nitrogens with one attached hydrogen (secondary N) is 3. The lowest BCUT2D eigenvalue weighted by atomic mass is 10.00. The first kappa shape index (κ1) is 17.3. The first-order valence-electron chi connectivity index (χ1n) is 9.13. The molecule has 1 saturated heterocycles. The van der Waals surface area contributed by atoms with E-state index >= 15 is 0 Å². The van der Waals surface area contributed by atoms with Gasteiger partial charge in [0, 0.05) is 12.1 Å². The zero-order valence-corrected chi connectivity index (χ0v) is 14.9. The number of nitrogens with zero attached hydrogens (tertiary/aromatic N) is 5. The number of piperidine rings is 1. The maximum absolute atomic E-state index is 12.3. The van der Waals surface area contributed by atoms with Crippen LogP contribution < -0.4 is 10.6 Å². The number of aromatic nitrogens is 6. The van der Waals surface area contributed by atoms with Crippen LogP contribution in [0.1, 0.15) is 29.2 Å². The zero-order valence-electron chi connectivity index (χ0n) is 14.9. The fraction of sp³-hybridized carbons (Fsp3) is 0.389. The number of rotatable bonds is 6. The molecule has 1 fully saturated rings. The van der Waals surface area contributed by atoms with E-state index in [4.69, 9.17) is 0 Å². The van der Waals surface area contributed by atoms with Crippen LogP contribution in [-0.2, 0) is 13.1 Å². The molecule has 1 unspecified atom stereocenters. The first-order chi connectivity index (χ1) is 13.3. The number of aromatic amines is 1. The van der Waals surface area contributed by atoms with Crippen molar-refractivity contribution < 1.29 is 4.79 Å². The number of amides is 1. The van der Waals surface area contributed by atoms with Gasteiger partial charge in [-0.05, 0) is 31.8 Å². The van der Waals surface area contributed by atoms with E-state index < -0.39 is 0 Å². The molecule has 3 N–H and O–H groups in total. The average molecular weight is 366 g/mol. The third-order valence-electron chi connectivity index (χ3n) is 4.60. The summed E-state index contributed by atoms with van der Waals surface area (Å²) >= 11 is 0. The normalized spacial score (nSPS) is 17.0. The molecule has 27 heavy (non-hydrogen) atoms. The molecule has 1 aliphatic rings. The fourth-order valence-corrected chi connectivity index (χ4v) is 3.18. The molecule has 1 aromatic carbocycles. The Morgan fingerprint density at radius 2 is 2.19 bits per heavy atom. The van der Waals surface area contributed by atoms with E-state index in [-0.39, 0.29) is 12.5 Å². The van der Waals surface area contributed by atoms with Crippen LogP contribution in [0.25, 0.3) is 11.4 Å². The number of H-pyrrole nitrogens is 1. The minimum absolute atomic E-state index is 0.248. The second-order valence-electron chi connectivity index (χ2n) is 6.69. The van der Waals surface area contributed by atoms with Crippen molar-refractivity contribution in [2.24, 2.45) is 5.92 Å². The lowest BCUT2D eigenvalue weighted by Gasteiger charge is -2.22. The van der Waals surface area contributed by atoms with Gasteiger partial charge < -0.3 is 10.6 Å². The number of carbonyl (C=O) groups is 1. The zero-order chi connectivity index (χ0) is 18.5. The highest BCUT2D eigenvalue weighted by atomic mass is 16.2. The van der Waals surface area contributed by atoms with Crippen molar-refractivity contribution in [3.8, 4) is 11.4 Å². The van der Waals surface area contributed by atoms with Crippen molar-refractivity contribution in [2.75, 3.05) is 13.1 Å². The first-order valence-corrected chi connectivity index (χ1v) is 9.13. The van der Waals surface area contributed by atoms with Gasteiger partial charge >= 0.3 is 0 Å². The van der Waals surface area contributed by atoms with E-state index in [1.54, 1.807) is 10.9 Å². The molecule has 0 spiro atoms. The SMILES string of the molecule is O=C(NCc1nc(-c2ccccc2)n[nH]1)c1cn(CC2CCCNC2)nn1. The summed E-state index contributed by atoms with van der Waals surface area (Å²) in [6.07, 6.45) is 4.04. The van der Waals surface area contributed by atoms with Crippen LogP contribution in [0.15, 0.2) is 36.5 Å². The van der Waals surface area contributed by atoms with Crippen molar-refractivity contribution in [3.05, 3.63) is 48.0 Å². The topological polar surface area (TPSA) is 113 Å². The van der Waals surface area contributed by atoms with Gasteiger partial charge in [0.15, 0.2) is 11.5 Å². The van der Waals surface area contributed by atoms with Gasteiger partial charge in [-0.2, -0.15) is 5.10 Å². The Balaban J connectivity index is 1.31. The molecule has 1 aliphatic heterocycles. The van der Waals surface area contributed by atoms with Gasteiger partial charge in [0.25, 0.3) is 5.91 Å². The molecule has 4 rings (SSSR count). The maximum Gasteiger partial charge on any atom is 0.273 e. The van der Waals surface area contributed by atoms with Crippen LogP contribution in [0.2, 0.25) is 0 Å². The van der Waals surface area contributed by atoms with Crippen molar-refractivity contribution in [3.63, 3.8) is 0 Å². The summed E-state index contributed by atoms with van der Waals surface area (Å²) < 4.78 is 1.74. The van der Waals surface area contributed by atoms with Gasteiger partial charge in [-0.1, -0.05) is 35.5 Å². The number of carbonyl (C=O) groups excluding carboxylic acids is 1. The molecule has 1 amide bonds. The molecular formula is C18H22N8O. The summed E-state index contributed by atoms with van der Waals surface area (Å²) in [5, 5.41) is 21.3. The molecule has 3 aromatic rings. The van der Waals surface area contributed by atoms with Gasteiger partial charge in [-0.25, -0.2) is 4.98 Å². The summed E-state index contributed by atoms with van der Waals surface area (Å²) in [6, 6.07) is 9.67. The summed E-state index contributed by atoms with van der Waals surface area (Å²) in [5.74, 6) is 1.44. The van der Waals surface area contributed by atoms with Gasteiger partial charge in [-0.3, -0.25) is 14.6 Å². The summed E-state index contributed by atoms with van der Waals surface area (Å²) in [6.45, 7) is 3.08. The van der Waals surface area contributed by atoms with Crippen LogP contribution in [0.4, 0.5) is 0 Å². The van der Waals surface area contributed by atoms with Crippen molar-refractivity contribution in [1.82, 2.24) is 40.8 Å². The number of hydrogen-bond donors (Lipinski definition) is 3.